The fourth-order valence-corrected chi connectivity index (χ4v) is 2.79. The molecule has 7 heteroatoms. The fraction of sp³-hybridized carbons (Fsp3) is 0.467. The van der Waals surface area contributed by atoms with Crippen molar-refractivity contribution in [2.45, 2.75) is 6.42 Å². The maximum Gasteiger partial charge on any atom is 0.239 e. The maximum atomic E-state index is 12.4. The van der Waals surface area contributed by atoms with Crippen LogP contribution in [0, 0.1) is 11.8 Å². The molecule has 5 nitrogen and oxygen atoms in total. The number of anilines is 1. The van der Waals surface area contributed by atoms with Gasteiger partial charge in [-0.15, -0.1) is 12.4 Å². The molecule has 2 amide bonds. The maximum absolute atomic E-state index is 12.4. The number of amides is 2. The first-order valence-corrected chi connectivity index (χ1v) is 7.58. The lowest BCUT2D eigenvalue weighted by Crippen LogP contribution is -2.49. The molecule has 2 fully saturated rings. The van der Waals surface area contributed by atoms with E-state index in [-0.39, 0.29) is 24.2 Å². The summed E-state index contributed by atoms with van der Waals surface area (Å²) >= 11 is 5.85. The number of carbonyl (C=O) groups excluding carboxylic acids is 2. The van der Waals surface area contributed by atoms with Crippen molar-refractivity contribution in [1.82, 2.24) is 10.6 Å². The van der Waals surface area contributed by atoms with Crippen LogP contribution in [0.3, 0.4) is 0 Å². The van der Waals surface area contributed by atoms with Crippen LogP contribution in [0.1, 0.15) is 6.42 Å². The normalized spacial score (nSPS) is 21.2. The molecular weight excluding hydrogens is 325 g/mol. The van der Waals surface area contributed by atoms with E-state index < -0.39 is 5.92 Å². The number of nitrogens with zero attached hydrogens (tertiary/aromatic N) is 1. The predicted molar refractivity (Wildman–Crippen MR) is 88.5 cm³/mol. The third kappa shape index (κ3) is 3.54. The number of benzene rings is 1. The van der Waals surface area contributed by atoms with Crippen LogP contribution < -0.4 is 15.5 Å². The van der Waals surface area contributed by atoms with Crippen LogP contribution in [-0.4, -0.2) is 38.0 Å². The van der Waals surface area contributed by atoms with Crippen LogP contribution in [-0.2, 0) is 9.59 Å². The highest BCUT2D eigenvalue weighted by Gasteiger charge is 2.37. The van der Waals surface area contributed by atoms with Gasteiger partial charge in [0.05, 0.1) is 0 Å². The standard InChI is InChI=1S/C15H18ClN3O2.ClH/c16-11-1-3-12(4-2-11)19-6-5-13(15(19)21)14(20)18-9-10-7-17-8-10;/h1-4,10,13,17H,5-9H2,(H,18,20);1H. The molecule has 2 aliphatic heterocycles. The minimum atomic E-state index is -0.561. The Balaban J connectivity index is 0.00000176. The summed E-state index contributed by atoms with van der Waals surface area (Å²) in [5.41, 5.74) is 0.794. The lowest BCUT2D eigenvalue weighted by atomic mass is 10.0. The van der Waals surface area contributed by atoms with Gasteiger partial charge >= 0.3 is 0 Å². The molecule has 2 N–H and O–H groups in total. The molecular formula is C15H19Cl2N3O2. The Morgan fingerprint density at radius 3 is 2.59 bits per heavy atom. The van der Waals surface area contributed by atoms with Crippen LogP contribution in [0.4, 0.5) is 5.69 Å². The van der Waals surface area contributed by atoms with Gasteiger partial charge in [-0.2, -0.15) is 0 Å². The number of nitrogens with one attached hydrogen (secondary N) is 2. The smallest absolute Gasteiger partial charge is 0.239 e. The Hall–Kier alpha value is -1.30. The number of carbonyl (C=O) groups is 2. The number of halogens is 2. The molecule has 3 rings (SSSR count). The second-order valence-electron chi connectivity index (χ2n) is 5.58. The lowest BCUT2D eigenvalue weighted by molar-refractivity contribution is -0.132. The molecule has 2 saturated heterocycles. The van der Waals surface area contributed by atoms with E-state index in [2.05, 4.69) is 10.6 Å². The monoisotopic (exact) mass is 343 g/mol. The first-order chi connectivity index (χ1) is 10.1. The van der Waals surface area contributed by atoms with Gasteiger partial charge in [0.25, 0.3) is 0 Å². The van der Waals surface area contributed by atoms with Gasteiger partial charge in [0.15, 0.2) is 0 Å². The summed E-state index contributed by atoms with van der Waals surface area (Å²) in [4.78, 5) is 26.2. The molecule has 1 aromatic carbocycles. The molecule has 0 saturated carbocycles. The van der Waals surface area contributed by atoms with Gasteiger partial charge in [-0.25, -0.2) is 0 Å². The van der Waals surface area contributed by atoms with Crippen molar-refractivity contribution in [2.24, 2.45) is 11.8 Å². The van der Waals surface area contributed by atoms with E-state index in [0.717, 1.165) is 18.8 Å². The molecule has 1 unspecified atom stereocenters. The van der Waals surface area contributed by atoms with Gasteiger partial charge in [0.1, 0.15) is 5.92 Å². The zero-order valence-electron chi connectivity index (χ0n) is 12.0. The minimum absolute atomic E-state index is 0. The number of rotatable bonds is 4. The first kappa shape index (κ1) is 17.1. The van der Waals surface area contributed by atoms with Crippen molar-refractivity contribution in [2.75, 3.05) is 31.1 Å². The molecule has 0 spiro atoms. The van der Waals surface area contributed by atoms with Gasteiger partial charge in [0, 0.05) is 42.8 Å². The average molecular weight is 344 g/mol. The van der Waals surface area contributed by atoms with Crippen molar-refractivity contribution >= 4 is 41.5 Å². The van der Waals surface area contributed by atoms with Crippen molar-refractivity contribution in [3.63, 3.8) is 0 Å². The van der Waals surface area contributed by atoms with Crippen LogP contribution in [0.5, 0.6) is 0 Å². The Labute approximate surface area is 140 Å². The van der Waals surface area contributed by atoms with Gasteiger partial charge < -0.3 is 15.5 Å². The molecule has 0 bridgehead atoms. The zero-order valence-corrected chi connectivity index (χ0v) is 13.6. The van der Waals surface area contributed by atoms with Gasteiger partial charge in [-0.1, -0.05) is 11.6 Å². The molecule has 120 valence electrons. The molecule has 2 heterocycles. The third-order valence-corrected chi connectivity index (χ3v) is 4.34. The van der Waals surface area contributed by atoms with E-state index in [4.69, 9.17) is 11.6 Å². The van der Waals surface area contributed by atoms with Crippen molar-refractivity contribution < 1.29 is 9.59 Å². The molecule has 1 atom stereocenters. The highest BCUT2D eigenvalue weighted by Crippen LogP contribution is 2.26. The third-order valence-electron chi connectivity index (χ3n) is 4.09. The molecule has 0 radical (unpaired) electrons. The van der Waals surface area contributed by atoms with Gasteiger partial charge in [0.2, 0.25) is 11.8 Å². The van der Waals surface area contributed by atoms with E-state index in [9.17, 15) is 9.59 Å². The second kappa shape index (κ2) is 7.31. The highest BCUT2D eigenvalue weighted by molar-refractivity contribution is 6.30. The fourth-order valence-electron chi connectivity index (χ4n) is 2.66. The van der Waals surface area contributed by atoms with Gasteiger partial charge in [-0.05, 0) is 30.7 Å². The van der Waals surface area contributed by atoms with Crippen molar-refractivity contribution in [1.29, 1.82) is 0 Å². The Kier molecular flexibility index (Phi) is 5.67. The first-order valence-electron chi connectivity index (χ1n) is 7.20. The lowest BCUT2D eigenvalue weighted by Gasteiger charge is -2.27. The van der Waals surface area contributed by atoms with E-state index in [1.54, 1.807) is 29.2 Å². The highest BCUT2D eigenvalue weighted by atomic mass is 35.5. The van der Waals surface area contributed by atoms with Crippen molar-refractivity contribution in [3.8, 4) is 0 Å². The van der Waals surface area contributed by atoms with E-state index in [1.165, 1.54) is 0 Å². The van der Waals surface area contributed by atoms with E-state index in [1.807, 2.05) is 0 Å². The van der Waals surface area contributed by atoms with E-state index in [0.29, 0.717) is 30.5 Å². The Bertz CT molecular complexity index is 546. The molecule has 2 aliphatic rings. The number of hydrogen-bond acceptors (Lipinski definition) is 3. The topological polar surface area (TPSA) is 61.4 Å². The molecule has 1 aromatic rings. The average Bonchev–Trinajstić information content (AvgIpc) is 2.80. The number of hydrogen-bond donors (Lipinski definition) is 2. The summed E-state index contributed by atoms with van der Waals surface area (Å²) in [5.74, 6) is -0.337. The Morgan fingerprint density at radius 1 is 1.32 bits per heavy atom. The summed E-state index contributed by atoms with van der Waals surface area (Å²) in [6.07, 6.45) is 0.566. The molecule has 0 aromatic heterocycles. The summed E-state index contributed by atoms with van der Waals surface area (Å²) in [5, 5.41) is 6.68. The second-order valence-corrected chi connectivity index (χ2v) is 6.01. The predicted octanol–water partition coefficient (Wildman–Crippen LogP) is 1.45. The largest absolute Gasteiger partial charge is 0.355 e. The molecule has 22 heavy (non-hydrogen) atoms. The summed E-state index contributed by atoms with van der Waals surface area (Å²) in [6, 6.07) is 7.11. The van der Waals surface area contributed by atoms with Crippen LogP contribution in [0.2, 0.25) is 5.02 Å². The molecule has 0 aliphatic carbocycles. The quantitative estimate of drug-likeness (QED) is 0.813. The van der Waals surface area contributed by atoms with Gasteiger partial charge in [-0.3, -0.25) is 9.59 Å². The summed E-state index contributed by atoms with van der Waals surface area (Å²) in [7, 11) is 0. The van der Waals surface area contributed by atoms with Crippen LogP contribution >= 0.6 is 24.0 Å². The minimum Gasteiger partial charge on any atom is -0.355 e. The summed E-state index contributed by atoms with van der Waals surface area (Å²) < 4.78 is 0. The Morgan fingerprint density at radius 2 is 2.00 bits per heavy atom. The van der Waals surface area contributed by atoms with E-state index >= 15 is 0 Å². The zero-order chi connectivity index (χ0) is 14.8. The van der Waals surface area contributed by atoms with Crippen LogP contribution in [0.15, 0.2) is 24.3 Å². The summed E-state index contributed by atoms with van der Waals surface area (Å²) in [6.45, 7) is 3.10. The van der Waals surface area contributed by atoms with Crippen molar-refractivity contribution in [3.05, 3.63) is 29.3 Å². The van der Waals surface area contributed by atoms with Crippen LogP contribution in [0.25, 0.3) is 0 Å². The SMILES string of the molecule is Cl.O=C(NCC1CNC1)C1CCN(c2ccc(Cl)cc2)C1=O.